The van der Waals surface area contributed by atoms with Crippen LogP contribution in [0.3, 0.4) is 0 Å². The van der Waals surface area contributed by atoms with Crippen molar-refractivity contribution in [2.24, 2.45) is 5.84 Å². The van der Waals surface area contributed by atoms with E-state index in [-0.39, 0.29) is 25.1 Å². The molecule has 0 saturated heterocycles. The van der Waals surface area contributed by atoms with Crippen molar-refractivity contribution in [1.29, 1.82) is 0 Å². The van der Waals surface area contributed by atoms with Crippen molar-refractivity contribution in [2.45, 2.75) is 32.8 Å². The van der Waals surface area contributed by atoms with E-state index >= 15 is 0 Å². The van der Waals surface area contributed by atoms with E-state index in [0.29, 0.717) is 5.75 Å². The van der Waals surface area contributed by atoms with Gasteiger partial charge in [-0.3, -0.25) is 10.2 Å². The van der Waals surface area contributed by atoms with Gasteiger partial charge in [0.05, 0.1) is 13.0 Å². The predicted molar refractivity (Wildman–Crippen MR) is 82.2 cm³/mol. The third-order valence-corrected chi connectivity index (χ3v) is 2.58. The molecule has 0 bridgehead atoms. The monoisotopic (exact) mass is 327 g/mol. The van der Waals surface area contributed by atoms with Crippen LogP contribution in [0.5, 0.6) is 5.75 Å². The van der Waals surface area contributed by atoms with Crippen LogP contribution in [0.15, 0.2) is 18.2 Å². The fourth-order valence-corrected chi connectivity index (χ4v) is 1.62. The third kappa shape index (κ3) is 7.46. The highest BCUT2D eigenvalue weighted by Gasteiger charge is 2.15. The number of alkyl carbamates (subject to hydrolysis) is 1. The highest BCUT2D eigenvalue weighted by Crippen LogP contribution is 2.17. The molecule has 7 nitrogen and oxygen atoms in total. The zero-order valence-corrected chi connectivity index (χ0v) is 13.4. The number of nitrogens with two attached hydrogens (primary N) is 1. The van der Waals surface area contributed by atoms with E-state index in [9.17, 15) is 14.0 Å². The lowest BCUT2D eigenvalue weighted by Gasteiger charge is -2.19. The first-order chi connectivity index (χ1) is 10.7. The van der Waals surface area contributed by atoms with Crippen LogP contribution in [-0.4, -0.2) is 30.8 Å². The quantitative estimate of drug-likeness (QED) is 0.316. The lowest BCUT2D eigenvalue weighted by molar-refractivity contribution is -0.120. The van der Waals surface area contributed by atoms with Crippen LogP contribution < -0.4 is 21.3 Å². The average Bonchev–Trinajstić information content (AvgIpc) is 2.44. The molecular formula is C15H22FN3O4. The number of hydrogen-bond donors (Lipinski definition) is 3. The topological polar surface area (TPSA) is 103 Å². The summed E-state index contributed by atoms with van der Waals surface area (Å²) in [5, 5.41) is 2.52. The summed E-state index contributed by atoms with van der Waals surface area (Å²) in [7, 11) is 0. The van der Waals surface area contributed by atoms with Gasteiger partial charge < -0.3 is 14.8 Å². The van der Waals surface area contributed by atoms with Crippen molar-refractivity contribution < 1.29 is 23.5 Å². The van der Waals surface area contributed by atoms with Crippen molar-refractivity contribution in [3.63, 3.8) is 0 Å². The van der Waals surface area contributed by atoms with Gasteiger partial charge in [0.15, 0.2) is 0 Å². The summed E-state index contributed by atoms with van der Waals surface area (Å²) in [6.07, 6.45) is -0.696. The van der Waals surface area contributed by atoms with Gasteiger partial charge in [0.1, 0.15) is 23.8 Å². The number of carbonyl (C=O) groups is 2. The minimum Gasteiger partial charge on any atom is -0.492 e. The van der Waals surface area contributed by atoms with Crippen molar-refractivity contribution in [2.75, 3.05) is 13.2 Å². The molecule has 0 heterocycles. The molecule has 23 heavy (non-hydrogen) atoms. The summed E-state index contributed by atoms with van der Waals surface area (Å²) in [6, 6.07) is 4.16. The van der Waals surface area contributed by atoms with Crippen molar-refractivity contribution in [3.05, 3.63) is 29.6 Å². The molecule has 0 fully saturated rings. The summed E-state index contributed by atoms with van der Waals surface area (Å²) in [4.78, 5) is 22.5. The molecule has 0 atom stereocenters. The Kier molecular flexibility index (Phi) is 6.77. The van der Waals surface area contributed by atoms with E-state index in [1.165, 1.54) is 18.2 Å². The fraction of sp³-hybridized carbons (Fsp3) is 0.467. The Hall–Kier alpha value is -2.35. The maximum absolute atomic E-state index is 13.8. The van der Waals surface area contributed by atoms with Crippen LogP contribution in [0.25, 0.3) is 0 Å². The fourth-order valence-electron chi connectivity index (χ4n) is 1.62. The molecule has 0 aliphatic heterocycles. The minimum atomic E-state index is -0.570. The number of nitrogens with one attached hydrogen (secondary N) is 2. The minimum absolute atomic E-state index is 0.150. The first-order valence-electron chi connectivity index (χ1n) is 7.09. The van der Waals surface area contributed by atoms with Gasteiger partial charge in [-0.2, -0.15) is 0 Å². The molecule has 1 aromatic carbocycles. The number of hydrazine groups is 1. The number of amides is 2. The van der Waals surface area contributed by atoms with E-state index in [1.54, 1.807) is 20.8 Å². The number of halogens is 1. The van der Waals surface area contributed by atoms with E-state index in [0.717, 1.165) is 0 Å². The van der Waals surface area contributed by atoms with Crippen LogP contribution in [0, 0.1) is 5.82 Å². The number of benzene rings is 1. The van der Waals surface area contributed by atoms with Crippen LogP contribution >= 0.6 is 0 Å². The molecule has 0 unspecified atom stereocenters. The first-order valence-corrected chi connectivity index (χ1v) is 7.09. The van der Waals surface area contributed by atoms with Crippen molar-refractivity contribution in [3.8, 4) is 5.75 Å². The molecule has 0 saturated carbocycles. The molecule has 0 spiro atoms. The first kappa shape index (κ1) is 18.7. The highest BCUT2D eigenvalue weighted by molar-refractivity contribution is 5.77. The lowest BCUT2D eigenvalue weighted by atomic mass is 10.1. The van der Waals surface area contributed by atoms with E-state index in [2.05, 4.69) is 5.32 Å². The Morgan fingerprint density at radius 1 is 1.30 bits per heavy atom. The summed E-state index contributed by atoms with van der Waals surface area (Å²) in [6.45, 7) is 5.66. The number of carbonyl (C=O) groups excluding carboxylic acids is 2. The highest BCUT2D eigenvalue weighted by atomic mass is 19.1. The smallest absolute Gasteiger partial charge is 0.407 e. The Morgan fingerprint density at radius 3 is 2.57 bits per heavy atom. The predicted octanol–water partition coefficient (Wildman–Crippen LogP) is 1.26. The lowest BCUT2D eigenvalue weighted by Crippen LogP contribution is -2.34. The Morgan fingerprint density at radius 2 is 2.00 bits per heavy atom. The SMILES string of the molecule is CC(C)(C)OC(=O)NCCOc1ccc(CC(=O)NN)c(F)c1. The molecule has 0 aromatic heterocycles. The zero-order valence-electron chi connectivity index (χ0n) is 13.4. The molecule has 4 N–H and O–H groups in total. The Bertz CT molecular complexity index is 558. The van der Waals surface area contributed by atoms with Gasteiger partial charge in [0.25, 0.3) is 0 Å². The summed E-state index contributed by atoms with van der Waals surface area (Å²) in [5.41, 5.74) is 1.58. The van der Waals surface area contributed by atoms with E-state index < -0.39 is 23.4 Å². The standard InChI is InChI=1S/C15H22FN3O4/c1-15(2,3)23-14(21)18-6-7-22-11-5-4-10(12(16)9-11)8-13(20)19-17/h4-5,9H,6-8,17H2,1-3H3,(H,18,21)(H,19,20). The molecular weight excluding hydrogens is 305 g/mol. The van der Waals surface area contributed by atoms with E-state index in [1.807, 2.05) is 5.43 Å². The molecule has 128 valence electrons. The van der Waals surface area contributed by atoms with Crippen LogP contribution in [0.1, 0.15) is 26.3 Å². The Labute approximate surface area is 134 Å². The van der Waals surface area contributed by atoms with Gasteiger partial charge in [0.2, 0.25) is 5.91 Å². The summed E-state index contributed by atoms with van der Waals surface area (Å²) < 4.78 is 24.2. The second kappa shape index (κ2) is 8.33. The number of rotatable bonds is 6. The van der Waals surface area contributed by atoms with Crippen LogP contribution in [0.4, 0.5) is 9.18 Å². The average molecular weight is 327 g/mol. The number of ether oxygens (including phenoxy) is 2. The van der Waals surface area contributed by atoms with Gasteiger partial charge in [-0.05, 0) is 32.4 Å². The van der Waals surface area contributed by atoms with Gasteiger partial charge in [-0.15, -0.1) is 0 Å². The van der Waals surface area contributed by atoms with Crippen molar-refractivity contribution >= 4 is 12.0 Å². The molecule has 0 aliphatic carbocycles. The summed E-state index contributed by atoms with van der Waals surface area (Å²) in [5.74, 6) is 4.20. The third-order valence-electron chi connectivity index (χ3n) is 2.58. The maximum atomic E-state index is 13.8. The number of hydrogen-bond acceptors (Lipinski definition) is 5. The van der Waals surface area contributed by atoms with Crippen LogP contribution in [-0.2, 0) is 16.0 Å². The van der Waals surface area contributed by atoms with Crippen molar-refractivity contribution in [1.82, 2.24) is 10.7 Å². The summed E-state index contributed by atoms with van der Waals surface area (Å²) >= 11 is 0. The zero-order chi connectivity index (χ0) is 17.5. The molecule has 1 rings (SSSR count). The molecule has 0 aliphatic rings. The second-order valence-electron chi connectivity index (χ2n) is 5.77. The molecule has 0 radical (unpaired) electrons. The van der Waals surface area contributed by atoms with Gasteiger partial charge in [0, 0.05) is 6.07 Å². The van der Waals surface area contributed by atoms with E-state index in [4.69, 9.17) is 15.3 Å². The largest absolute Gasteiger partial charge is 0.492 e. The molecule has 8 heteroatoms. The second-order valence-corrected chi connectivity index (χ2v) is 5.77. The normalized spacial score (nSPS) is 10.8. The van der Waals surface area contributed by atoms with Gasteiger partial charge in [-0.25, -0.2) is 15.0 Å². The molecule has 2 amide bonds. The van der Waals surface area contributed by atoms with Gasteiger partial charge >= 0.3 is 6.09 Å². The van der Waals surface area contributed by atoms with Crippen LogP contribution in [0.2, 0.25) is 0 Å². The molecule has 1 aromatic rings. The maximum Gasteiger partial charge on any atom is 0.407 e. The Balaban J connectivity index is 2.40. The van der Waals surface area contributed by atoms with Gasteiger partial charge in [-0.1, -0.05) is 6.07 Å².